The summed E-state index contributed by atoms with van der Waals surface area (Å²) >= 11 is 9.40. The van der Waals surface area contributed by atoms with Crippen LogP contribution in [0.15, 0.2) is 58.7 Å². The van der Waals surface area contributed by atoms with Crippen LogP contribution in [0.4, 0.5) is 0 Å². The Morgan fingerprint density at radius 3 is 1.74 bits per heavy atom. The van der Waals surface area contributed by atoms with Gasteiger partial charge in [-0.25, -0.2) is 0 Å². The van der Waals surface area contributed by atoms with Gasteiger partial charge in [0.1, 0.15) is 0 Å². The average molecular weight is 427 g/mol. The van der Waals surface area contributed by atoms with Crippen LogP contribution in [0, 0.1) is 11.8 Å². The summed E-state index contributed by atoms with van der Waals surface area (Å²) in [4.78, 5) is 0. The van der Waals surface area contributed by atoms with Crippen molar-refractivity contribution in [1.29, 1.82) is 0 Å². The summed E-state index contributed by atoms with van der Waals surface area (Å²) in [6.07, 6.45) is 23.0. The minimum absolute atomic E-state index is 0.111. The van der Waals surface area contributed by atoms with Crippen molar-refractivity contribution in [3.05, 3.63) is 58.7 Å². The molecule has 0 nitrogen and oxygen atoms in total. The molecule has 4 aliphatic rings. The van der Waals surface area contributed by atoms with Crippen molar-refractivity contribution in [2.45, 2.75) is 45.8 Å². The van der Waals surface area contributed by atoms with Crippen LogP contribution in [0.3, 0.4) is 0 Å². The molecule has 4 atom stereocenters. The van der Waals surface area contributed by atoms with E-state index in [0.717, 1.165) is 19.1 Å². The van der Waals surface area contributed by atoms with Gasteiger partial charge < -0.3 is 0 Å². The normalized spacial score (nSPS) is 33.8. The molecule has 0 heterocycles. The summed E-state index contributed by atoms with van der Waals surface area (Å²) in [6, 6.07) is 0. The van der Waals surface area contributed by atoms with Crippen molar-refractivity contribution in [3.63, 3.8) is 0 Å². The molecule has 2 fully saturated rings. The van der Waals surface area contributed by atoms with E-state index >= 15 is 0 Å². The van der Waals surface area contributed by atoms with Gasteiger partial charge in [0.15, 0.2) is 0 Å². The van der Waals surface area contributed by atoms with Crippen molar-refractivity contribution in [2.75, 3.05) is 0 Å². The van der Waals surface area contributed by atoms with Crippen molar-refractivity contribution < 1.29 is 23.2 Å². The van der Waals surface area contributed by atoms with Gasteiger partial charge in [-0.2, -0.15) is 0 Å². The minimum atomic E-state index is -0.287. The second-order valence-electron chi connectivity index (χ2n) is 6.82. The van der Waals surface area contributed by atoms with E-state index in [4.69, 9.17) is 23.2 Å². The topological polar surface area (TPSA) is 0 Å². The molecular weight excluding hydrogens is 402 g/mol. The van der Waals surface area contributed by atoms with Crippen LogP contribution in [-0.4, -0.2) is 0 Å². The summed E-state index contributed by atoms with van der Waals surface area (Å²) in [7, 11) is 0. The molecule has 0 aliphatic heterocycles. The molecular formula is C20H24Cl2Zr. The van der Waals surface area contributed by atoms with E-state index in [1.807, 2.05) is 11.1 Å². The second-order valence-corrected chi connectivity index (χ2v) is 12.2. The van der Waals surface area contributed by atoms with Crippen LogP contribution in [0.2, 0.25) is 7.25 Å². The molecule has 4 rings (SSSR count). The fourth-order valence-electron chi connectivity index (χ4n) is 4.43. The molecule has 4 aliphatic carbocycles. The second kappa shape index (κ2) is 8.51. The van der Waals surface area contributed by atoms with Crippen molar-refractivity contribution >= 4 is 23.2 Å². The maximum Gasteiger partial charge on any atom is 0.0992 e. The van der Waals surface area contributed by atoms with Crippen molar-refractivity contribution in [1.82, 2.24) is 0 Å². The van der Waals surface area contributed by atoms with Crippen LogP contribution in [-0.2, 0) is 23.2 Å². The summed E-state index contributed by atoms with van der Waals surface area (Å²) in [5.74, 6) is 1.88. The van der Waals surface area contributed by atoms with Crippen LogP contribution >= 0.6 is 23.2 Å². The van der Waals surface area contributed by atoms with Gasteiger partial charge in [0, 0.05) is 0 Å². The molecule has 0 radical (unpaired) electrons. The van der Waals surface area contributed by atoms with Gasteiger partial charge >= 0.3 is 128 Å². The van der Waals surface area contributed by atoms with Gasteiger partial charge in [-0.1, -0.05) is 29.8 Å². The molecule has 0 amide bonds. The molecule has 0 N–H and O–H groups in total. The Labute approximate surface area is 162 Å². The Morgan fingerprint density at radius 2 is 1.30 bits per heavy atom. The van der Waals surface area contributed by atoms with E-state index in [9.17, 15) is 0 Å². The molecule has 122 valence electrons. The molecule has 2 saturated carbocycles. The molecule has 4 unspecified atom stereocenters. The smallest absolute Gasteiger partial charge is 0.0716 e. The molecule has 0 bridgehead atoms. The SMILES string of the molecule is C1=CCC2CC[CH]([Zr][CH]3CCC4CC=CC=C43)C2=C1.C=C(Cl)Cl. The maximum atomic E-state index is 4.85. The van der Waals surface area contributed by atoms with E-state index in [0.29, 0.717) is 0 Å². The first-order valence-electron chi connectivity index (χ1n) is 8.64. The van der Waals surface area contributed by atoms with E-state index < -0.39 is 0 Å². The van der Waals surface area contributed by atoms with Crippen LogP contribution in [0.5, 0.6) is 0 Å². The Morgan fingerprint density at radius 1 is 0.870 bits per heavy atom. The zero-order chi connectivity index (χ0) is 16.2. The first-order chi connectivity index (χ1) is 11.1. The van der Waals surface area contributed by atoms with Crippen molar-refractivity contribution in [3.8, 4) is 0 Å². The molecule has 0 aromatic carbocycles. The van der Waals surface area contributed by atoms with Gasteiger partial charge in [0.05, 0.1) is 4.49 Å². The molecule has 0 spiro atoms. The van der Waals surface area contributed by atoms with E-state index in [2.05, 4.69) is 43.0 Å². The van der Waals surface area contributed by atoms with Crippen LogP contribution in [0.1, 0.15) is 38.5 Å². The summed E-state index contributed by atoms with van der Waals surface area (Å²) < 4.78 is 2.24. The van der Waals surface area contributed by atoms with E-state index in [-0.39, 0.29) is 27.7 Å². The number of fused-ring (bicyclic) bond motifs is 2. The van der Waals surface area contributed by atoms with Gasteiger partial charge in [-0.15, -0.1) is 0 Å². The molecule has 3 heteroatoms. The Kier molecular flexibility index (Phi) is 6.64. The standard InChI is InChI=1S/2C9H11.C2H2Cl2.Zr/c2*1-2-5-9-7-3-6-8(9)4-1;1-2(3)4;/h2*1-2,4,6,9H,3,5,7H2;1H2;. The first kappa shape index (κ1) is 18.0. The zero-order valence-corrected chi connectivity index (χ0v) is 17.4. The minimum Gasteiger partial charge on any atom is -0.0716 e. The fourth-order valence-corrected chi connectivity index (χ4v) is 9.84. The Bertz CT molecular complexity index is 522. The van der Waals surface area contributed by atoms with Crippen LogP contribution < -0.4 is 0 Å². The molecule has 0 saturated heterocycles. The average Bonchev–Trinajstić information content (AvgIpc) is 3.13. The predicted octanol–water partition coefficient (Wildman–Crippen LogP) is 7.17. The zero-order valence-electron chi connectivity index (χ0n) is 13.5. The van der Waals surface area contributed by atoms with E-state index in [1.165, 1.54) is 38.5 Å². The van der Waals surface area contributed by atoms with E-state index in [1.54, 1.807) is 0 Å². The Balaban J connectivity index is 0.000000354. The van der Waals surface area contributed by atoms with Gasteiger partial charge in [-0.05, 0) is 0 Å². The predicted molar refractivity (Wildman–Crippen MR) is 97.5 cm³/mol. The maximum absolute atomic E-state index is 4.85. The fraction of sp³-hybridized carbons (Fsp3) is 0.500. The Hall–Kier alpha value is 0.163. The van der Waals surface area contributed by atoms with Gasteiger partial charge in [0.2, 0.25) is 0 Å². The third-order valence-corrected chi connectivity index (χ3v) is 10.5. The number of rotatable bonds is 2. The van der Waals surface area contributed by atoms with Crippen LogP contribution in [0.25, 0.3) is 0 Å². The number of halogens is 2. The third kappa shape index (κ3) is 4.62. The number of allylic oxidation sites excluding steroid dienone is 8. The molecule has 23 heavy (non-hydrogen) atoms. The number of hydrogen-bond donors (Lipinski definition) is 0. The molecule has 0 aromatic rings. The monoisotopic (exact) mass is 424 g/mol. The first-order valence-corrected chi connectivity index (χ1v) is 12.2. The third-order valence-electron chi connectivity index (χ3n) is 5.45. The summed E-state index contributed by atoms with van der Waals surface area (Å²) in [5, 5.41) is 0. The van der Waals surface area contributed by atoms with Crippen molar-refractivity contribution in [2.24, 2.45) is 11.8 Å². The van der Waals surface area contributed by atoms with Gasteiger partial charge in [0.25, 0.3) is 0 Å². The summed E-state index contributed by atoms with van der Waals surface area (Å²) in [5.41, 5.74) is 3.73. The molecule has 0 aromatic heterocycles. The summed E-state index contributed by atoms with van der Waals surface area (Å²) in [6.45, 7) is 3.09. The largest absolute Gasteiger partial charge is 0.0992 e. The van der Waals surface area contributed by atoms with Gasteiger partial charge in [-0.3, -0.25) is 0 Å². The quantitative estimate of drug-likeness (QED) is 0.439. The number of hydrogen-bond acceptors (Lipinski definition) is 0.